The molecule has 2 unspecified atom stereocenters. The van der Waals surface area contributed by atoms with Crippen molar-refractivity contribution in [3.05, 3.63) is 48.8 Å². The number of hydrogen-bond donors (Lipinski definition) is 2. The van der Waals surface area contributed by atoms with Crippen molar-refractivity contribution in [3.63, 3.8) is 0 Å². The Hall–Kier alpha value is -2.40. The summed E-state index contributed by atoms with van der Waals surface area (Å²) in [6, 6.07) is 12.0. The Morgan fingerprint density at radius 3 is 2.41 bits per heavy atom. The first-order chi connectivity index (χ1) is 15.2. The number of carbonyl (C=O) groups is 2. The predicted octanol–water partition coefficient (Wildman–Crippen LogP) is 3.93. The van der Waals surface area contributed by atoms with Crippen LogP contribution in [0.15, 0.2) is 48.8 Å². The number of aromatic nitrogens is 3. The van der Waals surface area contributed by atoms with E-state index >= 15 is 0 Å². The van der Waals surface area contributed by atoms with Gasteiger partial charge in [-0.15, -0.1) is 0 Å². The van der Waals surface area contributed by atoms with Crippen LogP contribution in [0, 0.1) is 5.92 Å². The van der Waals surface area contributed by atoms with E-state index in [1.54, 1.807) is 4.45 Å². The summed E-state index contributed by atoms with van der Waals surface area (Å²) in [7, 11) is 0. The molecule has 32 heavy (non-hydrogen) atoms. The van der Waals surface area contributed by atoms with E-state index in [9.17, 15) is 18.4 Å². The fourth-order valence-corrected chi connectivity index (χ4v) is 4.71. The second kappa shape index (κ2) is 10.5. The molecule has 0 saturated carbocycles. The van der Waals surface area contributed by atoms with E-state index in [-0.39, 0.29) is 25.3 Å². The van der Waals surface area contributed by atoms with Gasteiger partial charge in [-0.25, -0.2) is 18.2 Å². The molecule has 8 nitrogen and oxygen atoms in total. The number of halogens is 3. The van der Waals surface area contributed by atoms with Gasteiger partial charge in [0.25, 0.3) is 5.92 Å². The fourth-order valence-electron chi connectivity index (χ4n) is 3.19. The van der Waals surface area contributed by atoms with Crippen molar-refractivity contribution in [1.82, 2.24) is 19.4 Å². The molecule has 3 heterocycles. The minimum atomic E-state index is -2.83. The number of carbonyl (C=O) groups excluding carboxylic acids is 2. The van der Waals surface area contributed by atoms with E-state index in [2.05, 4.69) is 37.4 Å². The van der Waals surface area contributed by atoms with Crippen LogP contribution in [0.3, 0.4) is 0 Å². The molecule has 2 amide bonds. The first-order valence-corrected chi connectivity index (χ1v) is 13.8. The van der Waals surface area contributed by atoms with Crippen LogP contribution in [0.4, 0.5) is 20.3 Å². The lowest BCUT2D eigenvalue weighted by Crippen LogP contribution is -2.51. The maximum absolute atomic E-state index is 13.6. The number of fused-ring (bicyclic) bond motifs is 1. The number of likely N-dealkylation sites (tertiary alicyclic amines) is 1. The highest BCUT2D eigenvalue weighted by atomic mass is 127. The number of nitrogen functional groups attached to an aromatic ring is 1. The molecule has 2 atom stereocenters. The van der Waals surface area contributed by atoms with Gasteiger partial charge in [-0.2, -0.15) is 5.10 Å². The quantitative estimate of drug-likeness (QED) is 0.274. The molecule has 170 valence electrons. The Morgan fingerprint density at radius 2 is 1.84 bits per heavy atom. The van der Waals surface area contributed by atoms with Crippen LogP contribution >= 0.6 is 28.4 Å². The summed E-state index contributed by atoms with van der Waals surface area (Å²) >= 11 is 2.12. The Balaban J connectivity index is 0.000000416. The van der Waals surface area contributed by atoms with Crippen molar-refractivity contribution in [2.24, 2.45) is 5.92 Å². The van der Waals surface area contributed by atoms with Crippen LogP contribution in [0.5, 0.6) is 0 Å². The molecular formula is C20H22F2IN6O2P. The van der Waals surface area contributed by atoms with Gasteiger partial charge in [0.05, 0.1) is 29.8 Å². The molecule has 1 aliphatic rings. The number of nitrogens with two attached hydrogens (primary N) is 1. The van der Waals surface area contributed by atoms with Crippen molar-refractivity contribution in [3.8, 4) is 0 Å². The summed E-state index contributed by atoms with van der Waals surface area (Å²) in [6.45, 7) is 1.04. The second-order valence-electron chi connectivity index (χ2n) is 7.23. The molecule has 1 fully saturated rings. The maximum atomic E-state index is 13.6. The van der Waals surface area contributed by atoms with Gasteiger partial charge in [-0.3, -0.25) is 9.59 Å². The zero-order valence-electron chi connectivity index (χ0n) is 17.1. The highest BCUT2D eigenvalue weighted by Crippen LogP contribution is 2.35. The number of benzene rings is 1. The average Bonchev–Trinajstić information content (AvgIpc) is 3.24. The van der Waals surface area contributed by atoms with Crippen molar-refractivity contribution in [2.45, 2.75) is 19.3 Å². The van der Waals surface area contributed by atoms with Gasteiger partial charge < -0.3 is 16.0 Å². The SMILES string of the molecule is CC1CN(C(=O)C(=O)Nc2cnc(N)c3cnn(PI)c23)CCC1(F)F.c1ccccc1. The minimum absolute atomic E-state index is 0.161. The molecule has 3 aromatic rings. The van der Waals surface area contributed by atoms with E-state index in [0.717, 1.165) is 4.90 Å². The summed E-state index contributed by atoms with van der Waals surface area (Å²) in [4.78, 5) is 29.9. The number of nitrogens with one attached hydrogen (secondary N) is 1. The molecule has 3 N–H and O–H groups in total. The zero-order valence-corrected chi connectivity index (χ0v) is 20.3. The van der Waals surface area contributed by atoms with E-state index in [1.165, 1.54) is 19.3 Å². The first-order valence-electron chi connectivity index (χ1n) is 9.71. The van der Waals surface area contributed by atoms with Crippen LogP contribution in [0.2, 0.25) is 0 Å². The average molecular weight is 574 g/mol. The van der Waals surface area contributed by atoms with Gasteiger partial charge in [0, 0.05) is 25.4 Å². The third-order valence-electron chi connectivity index (χ3n) is 5.04. The number of piperidine rings is 1. The Bertz CT molecular complexity index is 1070. The summed E-state index contributed by atoms with van der Waals surface area (Å²) in [5.74, 6) is -5.31. The number of rotatable bonds is 2. The Labute approximate surface area is 198 Å². The minimum Gasteiger partial charge on any atom is -0.383 e. The number of alkyl halides is 2. The number of anilines is 2. The first kappa shape index (κ1) is 24.2. The topological polar surface area (TPSA) is 106 Å². The van der Waals surface area contributed by atoms with Gasteiger partial charge in [-0.1, -0.05) is 43.3 Å². The highest BCUT2D eigenvalue weighted by Gasteiger charge is 2.43. The van der Waals surface area contributed by atoms with E-state index in [1.807, 2.05) is 36.4 Å². The molecule has 1 aromatic carbocycles. The van der Waals surface area contributed by atoms with Crippen LogP contribution in [-0.2, 0) is 9.59 Å². The summed E-state index contributed by atoms with van der Waals surface area (Å²) < 4.78 is 28.8. The van der Waals surface area contributed by atoms with Gasteiger partial charge in [0.2, 0.25) is 0 Å². The van der Waals surface area contributed by atoms with Crippen LogP contribution in [0.25, 0.3) is 10.9 Å². The van der Waals surface area contributed by atoms with Crippen LogP contribution in [0.1, 0.15) is 13.3 Å². The monoisotopic (exact) mass is 574 g/mol. The largest absolute Gasteiger partial charge is 0.383 e. The van der Waals surface area contributed by atoms with E-state index < -0.39 is 30.1 Å². The number of nitrogens with zero attached hydrogens (tertiary/aromatic N) is 4. The summed E-state index contributed by atoms with van der Waals surface area (Å²) in [5, 5.41) is 7.25. The zero-order chi connectivity index (χ0) is 23.3. The number of amides is 2. The molecule has 0 aliphatic carbocycles. The molecule has 2 aromatic heterocycles. The molecule has 4 rings (SSSR count). The third-order valence-corrected chi connectivity index (χ3v) is 6.91. The smallest absolute Gasteiger partial charge is 0.314 e. The van der Waals surface area contributed by atoms with Crippen LogP contribution < -0.4 is 11.1 Å². The Morgan fingerprint density at radius 1 is 1.22 bits per heavy atom. The fraction of sp³-hybridized carbons (Fsp3) is 0.300. The lowest BCUT2D eigenvalue weighted by Gasteiger charge is -2.36. The van der Waals surface area contributed by atoms with Crippen molar-refractivity contribution in [1.29, 1.82) is 0 Å². The molecule has 0 spiro atoms. The van der Waals surface area contributed by atoms with E-state index in [4.69, 9.17) is 5.73 Å². The molecule has 1 aliphatic heterocycles. The van der Waals surface area contributed by atoms with Crippen LogP contribution in [-0.4, -0.2) is 50.3 Å². The van der Waals surface area contributed by atoms with Gasteiger partial charge in [-0.05, 0) is 22.0 Å². The molecule has 0 radical (unpaired) electrons. The predicted molar refractivity (Wildman–Crippen MR) is 130 cm³/mol. The van der Waals surface area contributed by atoms with Crippen molar-refractivity contribution >= 4 is 62.6 Å². The molecule has 0 bridgehead atoms. The molecule has 12 heteroatoms. The molecular weight excluding hydrogens is 552 g/mol. The standard InChI is InChI=1S/C14H16F2IN6O2P.C6H6/c1-7-6-22(3-2-14(7,15)16)13(25)12(24)21-9-5-19-11(18)8-4-20-23(26-17)10(8)9;1-2-4-6-5-3-1/h4-5,7,26H,2-3,6H2,1H3,(H2,18,19)(H,21,24);1-6H. The lowest BCUT2D eigenvalue weighted by molar-refractivity contribution is -0.151. The normalized spacial score (nSPS) is 17.8. The van der Waals surface area contributed by atoms with Gasteiger partial charge in [0.15, 0.2) is 0 Å². The lowest BCUT2D eigenvalue weighted by atomic mass is 9.95. The van der Waals surface area contributed by atoms with Gasteiger partial charge in [0.1, 0.15) is 11.3 Å². The third kappa shape index (κ3) is 5.50. The maximum Gasteiger partial charge on any atom is 0.314 e. The van der Waals surface area contributed by atoms with Gasteiger partial charge >= 0.3 is 11.8 Å². The number of pyridine rings is 1. The van der Waals surface area contributed by atoms with Crippen molar-refractivity contribution < 1.29 is 18.4 Å². The Kier molecular flexibility index (Phi) is 7.94. The van der Waals surface area contributed by atoms with E-state index in [0.29, 0.717) is 16.6 Å². The summed E-state index contributed by atoms with van der Waals surface area (Å²) in [6.07, 6.45) is 2.68. The van der Waals surface area contributed by atoms with Crippen molar-refractivity contribution in [2.75, 3.05) is 24.1 Å². The highest BCUT2D eigenvalue weighted by molar-refractivity contribution is 14.2. The summed E-state index contributed by atoms with van der Waals surface area (Å²) in [5.41, 5.74) is 6.67. The number of hydrogen-bond acceptors (Lipinski definition) is 5. The second-order valence-corrected chi connectivity index (χ2v) is 9.27. The molecule has 1 saturated heterocycles.